The molecule has 2 unspecified atom stereocenters. The minimum Gasteiger partial charge on any atom is -0.394 e. The van der Waals surface area contributed by atoms with Crippen LogP contribution in [0.1, 0.15) is 25.7 Å². The van der Waals surface area contributed by atoms with Crippen molar-refractivity contribution in [1.29, 1.82) is 0 Å². The molecule has 0 saturated heterocycles. The van der Waals surface area contributed by atoms with Crippen molar-refractivity contribution in [3.05, 3.63) is 0 Å². The van der Waals surface area contributed by atoms with E-state index in [2.05, 4.69) is 0 Å². The van der Waals surface area contributed by atoms with Crippen molar-refractivity contribution >= 4 is 0 Å². The zero-order chi connectivity index (χ0) is 9.52. The average Bonchev–Trinajstić information content (AvgIpc) is 2.19. The minimum atomic E-state index is 0.125. The molecule has 0 amide bonds. The van der Waals surface area contributed by atoms with Crippen molar-refractivity contribution in [3.8, 4) is 0 Å². The number of aliphatic hydroxyl groups excluding tert-OH is 1. The van der Waals surface area contributed by atoms with Crippen molar-refractivity contribution in [3.63, 3.8) is 0 Å². The topological polar surface area (TPSA) is 55.5 Å². The molecule has 1 saturated carbocycles. The fraction of sp³-hybridized carbons (Fsp3) is 1.00. The molecule has 1 rings (SSSR count). The smallest absolute Gasteiger partial charge is 0.0697 e. The van der Waals surface area contributed by atoms with Gasteiger partial charge in [-0.25, -0.2) is 0 Å². The van der Waals surface area contributed by atoms with Crippen molar-refractivity contribution < 1.29 is 9.84 Å². The minimum absolute atomic E-state index is 0.125. The Bertz CT molecular complexity index is 130. The van der Waals surface area contributed by atoms with Gasteiger partial charge in [-0.1, -0.05) is 12.8 Å². The summed E-state index contributed by atoms with van der Waals surface area (Å²) in [5.41, 5.74) is 5.69. The summed E-state index contributed by atoms with van der Waals surface area (Å²) in [4.78, 5) is 0. The summed E-state index contributed by atoms with van der Waals surface area (Å²) in [7, 11) is 0. The Morgan fingerprint density at radius 3 is 2.54 bits per heavy atom. The molecule has 0 aliphatic heterocycles. The van der Waals surface area contributed by atoms with Gasteiger partial charge in [0.1, 0.15) is 0 Å². The third-order valence-electron chi connectivity index (χ3n) is 2.94. The molecule has 0 aromatic carbocycles. The summed E-state index contributed by atoms with van der Waals surface area (Å²) in [5, 5.41) is 8.57. The van der Waals surface area contributed by atoms with Crippen LogP contribution in [0.4, 0.5) is 0 Å². The van der Waals surface area contributed by atoms with Crippen LogP contribution in [-0.4, -0.2) is 31.5 Å². The van der Waals surface area contributed by atoms with E-state index in [0.29, 0.717) is 18.4 Å². The van der Waals surface area contributed by atoms with E-state index in [4.69, 9.17) is 15.6 Å². The Kier molecular flexibility index (Phi) is 5.35. The molecule has 78 valence electrons. The third kappa shape index (κ3) is 3.63. The van der Waals surface area contributed by atoms with E-state index in [-0.39, 0.29) is 6.61 Å². The van der Waals surface area contributed by atoms with Gasteiger partial charge in [0.2, 0.25) is 0 Å². The van der Waals surface area contributed by atoms with Gasteiger partial charge < -0.3 is 15.6 Å². The lowest BCUT2D eigenvalue weighted by atomic mass is 9.80. The van der Waals surface area contributed by atoms with Crippen LogP contribution in [0.2, 0.25) is 0 Å². The molecule has 1 fully saturated rings. The molecule has 0 aromatic heterocycles. The summed E-state index contributed by atoms with van der Waals surface area (Å²) in [6, 6.07) is 0. The van der Waals surface area contributed by atoms with Gasteiger partial charge in [0.25, 0.3) is 0 Å². The predicted octanol–water partition coefficient (Wildman–Crippen LogP) is 0.760. The summed E-state index contributed by atoms with van der Waals surface area (Å²) < 4.78 is 5.35. The van der Waals surface area contributed by atoms with Crippen LogP contribution in [0.5, 0.6) is 0 Å². The largest absolute Gasteiger partial charge is 0.394 e. The molecular formula is C10H21NO2. The van der Waals surface area contributed by atoms with Crippen molar-refractivity contribution in [2.45, 2.75) is 25.7 Å². The maximum Gasteiger partial charge on any atom is 0.0697 e. The molecule has 3 heteroatoms. The third-order valence-corrected chi connectivity index (χ3v) is 2.94. The van der Waals surface area contributed by atoms with Crippen LogP contribution in [0.3, 0.4) is 0 Å². The first-order chi connectivity index (χ1) is 6.38. The first-order valence-electron chi connectivity index (χ1n) is 5.27. The van der Waals surface area contributed by atoms with E-state index >= 15 is 0 Å². The molecule has 1 aliphatic carbocycles. The lowest BCUT2D eigenvalue weighted by molar-refractivity contribution is 0.0403. The second kappa shape index (κ2) is 6.35. The van der Waals surface area contributed by atoms with Crippen molar-refractivity contribution in [2.75, 3.05) is 26.4 Å². The van der Waals surface area contributed by atoms with Crippen molar-refractivity contribution in [1.82, 2.24) is 0 Å². The Morgan fingerprint density at radius 2 is 1.92 bits per heavy atom. The van der Waals surface area contributed by atoms with E-state index in [1.54, 1.807) is 0 Å². The highest BCUT2D eigenvalue weighted by Gasteiger charge is 2.23. The second-order valence-electron chi connectivity index (χ2n) is 3.84. The molecule has 13 heavy (non-hydrogen) atoms. The number of rotatable bonds is 5. The number of aliphatic hydroxyl groups is 1. The molecule has 0 spiro atoms. The van der Waals surface area contributed by atoms with Crippen LogP contribution in [0.25, 0.3) is 0 Å². The molecule has 0 bridgehead atoms. The summed E-state index contributed by atoms with van der Waals surface area (Å²) in [6.07, 6.45) is 5.12. The highest BCUT2D eigenvalue weighted by Crippen LogP contribution is 2.29. The van der Waals surface area contributed by atoms with Gasteiger partial charge in [-0.2, -0.15) is 0 Å². The maximum absolute atomic E-state index is 8.57. The predicted molar refractivity (Wildman–Crippen MR) is 52.4 cm³/mol. The first-order valence-corrected chi connectivity index (χ1v) is 5.27. The van der Waals surface area contributed by atoms with Crippen LogP contribution < -0.4 is 5.73 Å². The SMILES string of the molecule is NCC1CCCCC1COCCO. The quantitative estimate of drug-likeness (QED) is 0.625. The summed E-state index contributed by atoms with van der Waals surface area (Å²) >= 11 is 0. The van der Waals surface area contributed by atoms with Crippen molar-refractivity contribution in [2.24, 2.45) is 17.6 Å². The number of ether oxygens (including phenoxy) is 1. The normalized spacial score (nSPS) is 29.1. The summed E-state index contributed by atoms with van der Waals surface area (Å²) in [5.74, 6) is 1.28. The second-order valence-corrected chi connectivity index (χ2v) is 3.84. The molecule has 3 N–H and O–H groups in total. The van der Waals surface area contributed by atoms with Gasteiger partial charge in [-0.15, -0.1) is 0 Å². The van der Waals surface area contributed by atoms with E-state index in [0.717, 1.165) is 13.2 Å². The highest BCUT2D eigenvalue weighted by molar-refractivity contribution is 4.75. The first kappa shape index (κ1) is 11.0. The zero-order valence-electron chi connectivity index (χ0n) is 8.24. The zero-order valence-corrected chi connectivity index (χ0v) is 8.24. The van der Waals surface area contributed by atoms with Crippen LogP contribution >= 0.6 is 0 Å². The molecular weight excluding hydrogens is 166 g/mol. The number of hydrogen-bond donors (Lipinski definition) is 2. The van der Waals surface area contributed by atoms with Gasteiger partial charge in [0.05, 0.1) is 13.2 Å². The van der Waals surface area contributed by atoms with Crippen LogP contribution in [-0.2, 0) is 4.74 Å². The maximum atomic E-state index is 8.57. The van der Waals surface area contributed by atoms with E-state index in [1.165, 1.54) is 25.7 Å². The van der Waals surface area contributed by atoms with Gasteiger partial charge in [-0.3, -0.25) is 0 Å². The van der Waals surface area contributed by atoms with E-state index < -0.39 is 0 Å². The Morgan fingerprint density at radius 1 is 1.23 bits per heavy atom. The highest BCUT2D eigenvalue weighted by atomic mass is 16.5. The molecule has 0 aromatic rings. The van der Waals surface area contributed by atoms with Gasteiger partial charge in [0.15, 0.2) is 0 Å². The molecule has 2 atom stereocenters. The van der Waals surface area contributed by atoms with Crippen LogP contribution in [0, 0.1) is 11.8 Å². The lowest BCUT2D eigenvalue weighted by Gasteiger charge is -2.30. The Hall–Kier alpha value is -0.120. The standard InChI is InChI=1S/C10H21NO2/c11-7-9-3-1-2-4-10(9)8-13-6-5-12/h9-10,12H,1-8,11H2. The molecule has 3 nitrogen and oxygen atoms in total. The van der Waals surface area contributed by atoms with Gasteiger partial charge >= 0.3 is 0 Å². The fourth-order valence-electron chi connectivity index (χ4n) is 2.11. The van der Waals surface area contributed by atoms with E-state index in [1.807, 2.05) is 0 Å². The molecule has 0 radical (unpaired) electrons. The van der Waals surface area contributed by atoms with Crippen LogP contribution in [0.15, 0.2) is 0 Å². The Labute approximate surface area is 80.3 Å². The fourth-order valence-corrected chi connectivity index (χ4v) is 2.11. The summed E-state index contributed by atoms with van der Waals surface area (Å²) in [6.45, 7) is 2.16. The molecule has 0 heterocycles. The molecule has 1 aliphatic rings. The van der Waals surface area contributed by atoms with Gasteiger partial charge in [-0.05, 0) is 31.2 Å². The average molecular weight is 187 g/mol. The van der Waals surface area contributed by atoms with Gasteiger partial charge in [0, 0.05) is 6.61 Å². The lowest BCUT2D eigenvalue weighted by Crippen LogP contribution is -2.30. The van der Waals surface area contributed by atoms with E-state index in [9.17, 15) is 0 Å². The Balaban J connectivity index is 2.19. The number of nitrogens with two attached hydrogens (primary N) is 1. The number of hydrogen-bond acceptors (Lipinski definition) is 3. The monoisotopic (exact) mass is 187 g/mol.